The normalized spacial score (nSPS) is 24.8. The van der Waals surface area contributed by atoms with E-state index in [0.717, 1.165) is 17.2 Å². The van der Waals surface area contributed by atoms with Crippen LogP contribution in [0.25, 0.3) is 0 Å². The maximum atomic E-state index is 9.00. The molecule has 1 N–H and O–H groups in total. The second-order valence-electron chi connectivity index (χ2n) is 4.76. The van der Waals surface area contributed by atoms with Crippen LogP contribution in [-0.4, -0.2) is 6.04 Å². The molecule has 0 radical (unpaired) electrons. The number of rotatable bonds is 2. The monoisotopic (exact) mass is 214 g/mol. The first kappa shape index (κ1) is 11.0. The molecule has 0 heterocycles. The first-order chi connectivity index (χ1) is 7.79. The minimum atomic E-state index is 0.547. The minimum Gasteiger partial charge on any atom is -0.381 e. The summed E-state index contributed by atoms with van der Waals surface area (Å²) in [4.78, 5) is 0. The van der Waals surface area contributed by atoms with Crippen LogP contribution in [0.5, 0.6) is 0 Å². The minimum absolute atomic E-state index is 0.547. The van der Waals surface area contributed by atoms with Crippen LogP contribution >= 0.6 is 0 Å². The predicted octanol–water partition coefficient (Wildman–Crippen LogP) is 3.55. The molecule has 0 atom stereocenters. The molecular weight excluding hydrogens is 196 g/mol. The summed E-state index contributed by atoms with van der Waals surface area (Å²) in [6.45, 7) is 2.32. The lowest BCUT2D eigenvalue weighted by molar-refractivity contribution is 0.361. The van der Waals surface area contributed by atoms with Crippen molar-refractivity contribution in [2.24, 2.45) is 5.92 Å². The van der Waals surface area contributed by atoms with Crippen LogP contribution in [0, 0.1) is 17.2 Å². The Bertz CT molecular complexity index is 384. The lowest BCUT2D eigenvalue weighted by atomic mass is 9.87. The Kier molecular flexibility index (Phi) is 3.46. The van der Waals surface area contributed by atoms with Crippen molar-refractivity contribution < 1.29 is 0 Å². The van der Waals surface area contributed by atoms with Crippen molar-refractivity contribution in [2.45, 2.75) is 38.6 Å². The smallest absolute Gasteiger partial charge is 0.101 e. The van der Waals surface area contributed by atoms with Gasteiger partial charge in [-0.3, -0.25) is 0 Å². The summed E-state index contributed by atoms with van der Waals surface area (Å²) in [6.07, 6.45) is 5.04. The molecule has 2 rings (SSSR count). The van der Waals surface area contributed by atoms with E-state index in [-0.39, 0.29) is 0 Å². The van der Waals surface area contributed by atoms with Gasteiger partial charge in [0.15, 0.2) is 0 Å². The molecule has 0 unspecified atom stereocenters. The Balaban J connectivity index is 2.01. The molecular formula is C14H18N2. The van der Waals surface area contributed by atoms with Crippen molar-refractivity contribution in [3.8, 4) is 6.07 Å². The van der Waals surface area contributed by atoms with Crippen LogP contribution in [0.2, 0.25) is 0 Å². The Labute approximate surface area is 97.3 Å². The number of hydrogen-bond acceptors (Lipinski definition) is 2. The van der Waals surface area contributed by atoms with Crippen LogP contribution in [0.4, 0.5) is 5.69 Å². The maximum absolute atomic E-state index is 9.00. The number of benzene rings is 1. The Morgan fingerprint density at radius 3 is 2.56 bits per heavy atom. The molecule has 0 bridgehead atoms. The van der Waals surface area contributed by atoms with Gasteiger partial charge in [0.2, 0.25) is 0 Å². The molecule has 0 saturated heterocycles. The molecule has 0 spiro atoms. The van der Waals surface area contributed by atoms with Gasteiger partial charge in [0.1, 0.15) is 6.07 Å². The zero-order chi connectivity index (χ0) is 11.4. The highest BCUT2D eigenvalue weighted by Crippen LogP contribution is 2.26. The SMILES string of the molecule is CC1CCC(Nc2ccccc2C#N)CC1. The summed E-state index contributed by atoms with van der Waals surface area (Å²) in [7, 11) is 0. The Hall–Kier alpha value is -1.49. The number of nitrogens with zero attached hydrogens (tertiary/aromatic N) is 1. The summed E-state index contributed by atoms with van der Waals surface area (Å²) >= 11 is 0. The van der Waals surface area contributed by atoms with E-state index in [2.05, 4.69) is 18.3 Å². The van der Waals surface area contributed by atoms with Crippen molar-refractivity contribution in [1.29, 1.82) is 5.26 Å². The summed E-state index contributed by atoms with van der Waals surface area (Å²) in [5.74, 6) is 0.865. The fourth-order valence-electron chi connectivity index (χ4n) is 2.33. The van der Waals surface area contributed by atoms with E-state index in [4.69, 9.17) is 5.26 Å². The lowest BCUT2D eigenvalue weighted by Crippen LogP contribution is -2.25. The lowest BCUT2D eigenvalue weighted by Gasteiger charge is -2.28. The van der Waals surface area contributed by atoms with Gasteiger partial charge in [0.05, 0.1) is 11.3 Å². The van der Waals surface area contributed by atoms with Gasteiger partial charge in [0, 0.05) is 6.04 Å². The molecule has 0 amide bonds. The maximum Gasteiger partial charge on any atom is 0.101 e. The van der Waals surface area contributed by atoms with Gasteiger partial charge in [-0.1, -0.05) is 19.1 Å². The molecule has 84 valence electrons. The van der Waals surface area contributed by atoms with Crippen LogP contribution in [0.3, 0.4) is 0 Å². The predicted molar refractivity (Wildman–Crippen MR) is 66.2 cm³/mol. The van der Waals surface area contributed by atoms with E-state index < -0.39 is 0 Å². The van der Waals surface area contributed by atoms with Gasteiger partial charge in [-0.05, 0) is 43.7 Å². The van der Waals surface area contributed by atoms with Crippen LogP contribution in [0.1, 0.15) is 38.2 Å². The fraction of sp³-hybridized carbons (Fsp3) is 0.500. The van der Waals surface area contributed by atoms with Crippen molar-refractivity contribution in [2.75, 3.05) is 5.32 Å². The first-order valence-electron chi connectivity index (χ1n) is 6.05. The summed E-state index contributed by atoms with van der Waals surface area (Å²) in [6, 6.07) is 10.5. The summed E-state index contributed by atoms with van der Waals surface area (Å²) in [5, 5.41) is 12.5. The molecule has 1 aromatic rings. The number of para-hydroxylation sites is 1. The third kappa shape index (κ3) is 2.55. The number of nitriles is 1. The molecule has 1 saturated carbocycles. The summed E-state index contributed by atoms with van der Waals surface area (Å²) < 4.78 is 0. The second-order valence-corrected chi connectivity index (χ2v) is 4.76. The third-order valence-electron chi connectivity index (χ3n) is 3.42. The third-order valence-corrected chi connectivity index (χ3v) is 3.42. The van der Waals surface area contributed by atoms with Gasteiger partial charge >= 0.3 is 0 Å². The molecule has 2 nitrogen and oxygen atoms in total. The molecule has 0 aromatic heterocycles. The fourth-order valence-corrected chi connectivity index (χ4v) is 2.33. The molecule has 1 fully saturated rings. The molecule has 0 aliphatic heterocycles. The van der Waals surface area contributed by atoms with Gasteiger partial charge in [-0.2, -0.15) is 5.26 Å². The second kappa shape index (κ2) is 5.03. The first-order valence-corrected chi connectivity index (χ1v) is 6.05. The van der Waals surface area contributed by atoms with Crippen LogP contribution in [0.15, 0.2) is 24.3 Å². The number of nitrogens with one attached hydrogen (secondary N) is 1. The molecule has 1 aromatic carbocycles. The highest BCUT2D eigenvalue weighted by atomic mass is 14.9. The molecule has 1 aliphatic rings. The van der Waals surface area contributed by atoms with Crippen molar-refractivity contribution in [3.63, 3.8) is 0 Å². The summed E-state index contributed by atoms with van der Waals surface area (Å²) in [5.41, 5.74) is 1.74. The van der Waals surface area contributed by atoms with Gasteiger partial charge in [-0.25, -0.2) is 0 Å². The quantitative estimate of drug-likeness (QED) is 0.817. The molecule has 1 aliphatic carbocycles. The van der Waals surface area contributed by atoms with Crippen LogP contribution < -0.4 is 5.32 Å². The van der Waals surface area contributed by atoms with E-state index in [9.17, 15) is 0 Å². The van der Waals surface area contributed by atoms with Crippen molar-refractivity contribution in [1.82, 2.24) is 0 Å². The van der Waals surface area contributed by atoms with Gasteiger partial charge in [0.25, 0.3) is 0 Å². The zero-order valence-corrected chi connectivity index (χ0v) is 9.74. The highest BCUT2D eigenvalue weighted by Gasteiger charge is 2.18. The van der Waals surface area contributed by atoms with E-state index in [1.165, 1.54) is 25.7 Å². The Morgan fingerprint density at radius 1 is 1.19 bits per heavy atom. The topological polar surface area (TPSA) is 35.8 Å². The highest BCUT2D eigenvalue weighted by molar-refractivity contribution is 5.57. The van der Waals surface area contributed by atoms with E-state index in [0.29, 0.717) is 6.04 Å². The number of anilines is 1. The van der Waals surface area contributed by atoms with E-state index in [1.54, 1.807) is 0 Å². The standard InChI is InChI=1S/C14H18N2/c1-11-6-8-13(9-7-11)16-14-5-3-2-4-12(14)10-15/h2-5,11,13,16H,6-9H2,1H3. The Morgan fingerprint density at radius 2 is 1.88 bits per heavy atom. The molecule has 2 heteroatoms. The van der Waals surface area contributed by atoms with Gasteiger partial charge < -0.3 is 5.32 Å². The largest absolute Gasteiger partial charge is 0.381 e. The molecule has 16 heavy (non-hydrogen) atoms. The van der Waals surface area contributed by atoms with E-state index >= 15 is 0 Å². The number of hydrogen-bond donors (Lipinski definition) is 1. The van der Waals surface area contributed by atoms with Crippen LogP contribution in [-0.2, 0) is 0 Å². The van der Waals surface area contributed by atoms with Crippen molar-refractivity contribution >= 4 is 5.69 Å². The van der Waals surface area contributed by atoms with Crippen molar-refractivity contribution in [3.05, 3.63) is 29.8 Å². The zero-order valence-electron chi connectivity index (χ0n) is 9.74. The van der Waals surface area contributed by atoms with E-state index in [1.807, 2.05) is 24.3 Å². The average Bonchev–Trinajstić information content (AvgIpc) is 2.33. The average molecular weight is 214 g/mol. The van der Waals surface area contributed by atoms with Gasteiger partial charge in [-0.15, -0.1) is 0 Å².